The first-order valence-corrected chi connectivity index (χ1v) is 11.3. The van der Waals surface area contributed by atoms with E-state index in [-0.39, 0.29) is 35.3 Å². The highest BCUT2D eigenvalue weighted by Crippen LogP contribution is 2.46. The summed E-state index contributed by atoms with van der Waals surface area (Å²) < 4.78 is 17.4. The average molecular weight is 427 g/mol. The number of carbonyl (C=O) groups excluding carboxylic acids is 1. The van der Waals surface area contributed by atoms with Gasteiger partial charge in [0.15, 0.2) is 0 Å². The highest BCUT2D eigenvalue weighted by atomic mass is 19.1. The number of pyridine rings is 1. The summed E-state index contributed by atoms with van der Waals surface area (Å²) in [5.74, 6) is -0.00388. The zero-order valence-corrected chi connectivity index (χ0v) is 18.6. The van der Waals surface area contributed by atoms with Crippen molar-refractivity contribution in [2.45, 2.75) is 57.0 Å². The maximum atomic E-state index is 15.5. The minimum absolute atomic E-state index is 0.0776. The predicted octanol–water partition coefficient (Wildman–Crippen LogP) is 2.73. The number of likely N-dealkylation sites (N-methyl/N-ethyl adjacent to an activating group) is 1. The molecule has 7 heteroatoms. The van der Waals surface area contributed by atoms with Crippen LogP contribution in [0.4, 0.5) is 10.1 Å². The van der Waals surface area contributed by atoms with Crippen molar-refractivity contribution >= 4 is 22.5 Å². The number of fused-ring (bicyclic) bond motifs is 1. The maximum Gasteiger partial charge on any atom is 0.251 e. The Hall–Kier alpha value is -2.41. The minimum atomic E-state index is -0.285. The number of rotatable bonds is 5. The first-order chi connectivity index (χ1) is 14.7. The van der Waals surface area contributed by atoms with Gasteiger partial charge in [0.1, 0.15) is 5.82 Å². The number of halogens is 1. The van der Waals surface area contributed by atoms with Crippen LogP contribution in [0.15, 0.2) is 16.9 Å². The van der Waals surface area contributed by atoms with Gasteiger partial charge in [-0.1, -0.05) is 0 Å². The van der Waals surface area contributed by atoms with Gasteiger partial charge in [0.2, 0.25) is 5.91 Å². The molecule has 0 spiro atoms. The number of aryl methyl sites for hydroxylation is 1. The molecule has 166 valence electrons. The molecule has 0 radical (unpaired) electrons. The van der Waals surface area contributed by atoms with Crippen LogP contribution in [0.3, 0.4) is 0 Å². The van der Waals surface area contributed by atoms with Crippen molar-refractivity contribution in [3.63, 3.8) is 0 Å². The number of carbonyl (C=O) groups is 1. The molecule has 31 heavy (non-hydrogen) atoms. The van der Waals surface area contributed by atoms with Gasteiger partial charge < -0.3 is 20.1 Å². The number of nitrogens with zero attached hydrogens (tertiary/aromatic N) is 3. The summed E-state index contributed by atoms with van der Waals surface area (Å²) in [6.07, 6.45) is 5.08. The second-order valence-electron chi connectivity index (χ2n) is 9.97. The molecule has 1 atom stereocenters. The molecule has 0 bridgehead atoms. The first kappa shape index (κ1) is 20.5. The lowest BCUT2D eigenvalue weighted by Gasteiger charge is -2.26. The Balaban J connectivity index is 1.65. The molecule has 1 aliphatic heterocycles. The number of nitrogens with two attached hydrogens (primary N) is 1. The molecule has 2 aromatic rings. The minimum Gasteiger partial charge on any atom is -0.369 e. The normalized spacial score (nSPS) is 22.2. The van der Waals surface area contributed by atoms with E-state index in [4.69, 9.17) is 5.73 Å². The smallest absolute Gasteiger partial charge is 0.251 e. The molecule has 3 aliphatic rings. The predicted molar refractivity (Wildman–Crippen MR) is 120 cm³/mol. The molecule has 2 heterocycles. The number of amides is 1. The average Bonchev–Trinajstić information content (AvgIpc) is 3.63. The van der Waals surface area contributed by atoms with Crippen LogP contribution >= 0.6 is 0 Å². The summed E-state index contributed by atoms with van der Waals surface area (Å²) in [6.45, 7) is 3.45. The Morgan fingerprint density at radius 1 is 1.26 bits per heavy atom. The third-order valence-electron chi connectivity index (χ3n) is 7.48. The van der Waals surface area contributed by atoms with E-state index in [1.807, 2.05) is 11.5 Å². The van der Waals surface area contributed by atoms with Crippen LogP contribution < -0.4 is 16.2 Å². The summed E-state index contributed by atoms with van der Waals surface area (Å²) in [6, 6.07) is 3.23. The maximum absolute atomic E-state index is 15.5. The van der Waals surface area contributed by atoms with Crippen LogP contribution in [-0.2, 0) is 11.2 Å². The van der Waals surface area contributed by atoms with Crippen LogP contribution in [0.1, 0.15) is 49.3 Å². The lowest BCUT2D eigenvalue weighted by Crippen LogP contribution is -2.35. The van der Waals surface area contributed by atoms with Gasteiger partial charge in [-0.15, -0.1) is 0 Å². The van der Waals surface area contributed by atoms with E-state index >= 15 is 4.39 Å². The van der Waals surface area contributed by atoms with Crippen molar-refractivity contribution in [3.8, 4) is 0 Å². The van der Waals surface area contributed by atoms with Crippen LogP contribution in [0.25, 0.3) is 10.9 Å². The van der Waals surface area contributed by atoms with E-state index in [1.165, 1.54) is 17.0 Å². The molecule has 2 saturated carbocycles. The topological polar surface area (TPSA) is 71.6 Å². The molecule has 2 aliphatic carbocycles. The Morgan fingerprint density at radius 2 is 1.97 bits per heavy atom. The van der Waals surface area contributed by atoms with Gasteiger partial charge in [-0.3, -0.25) is 9.59 Å². The van der Waals surface area contributed by atoms with Crippen molar-refractivity contribution in [2.24, 2.45) is 11.7 Å². The van der Waals surface area contributed by atoms with Crippen molar-refractivity contribution in [1.82, 2.24) is 9.47 Å². The van der Waals surface area contributed by atoms with E-state index in [1.54, 1.807) is 14.1 Å². The quantitative estimate of drug-likeness (QED) is 0.798. The second kappa shape index (κ2) is 7.05. The molecule has 2 N–H and O–H groups in total. The molecular formula is C24H31FN4O2. The number of aromatic nitrogens is 1. The fourth-order valence-corrected chi connectivity index (χ4v) is 5.25. The summed E-state index contributed by atoms with van der Waals surface area (Å²) in [5.41, 5.74) is 9.02. The molecule has 6 nitrogen and oxygen atoms in total. The van der Waals surface area contributed by atoms with Crippen LogP contribution in [-0.4, -0.2) is 48.1 Å². The number of benzene rings is 1. The molecule has 1 saturated heterocycles. The van der Waals surface area contributed by atoms with Gasteiger partial charge in [-0.05, 0) is 62.1 Å². The summed E-state index contributed by atoms with van der Waals surface area (Å²) in [4.78, 5) is 29.1. The molecule has 3 fully saturated rings. The zero-order valence-electron chi connectivity index (χ0n) is 18.6. The van der Waals surface area contributed by atoms with Crippen LogP contribution in [0.5, 0.6) is 0 Å². The van der Waals surface area contributed by atoms with Crippen molar-refractivity contribution in [2.75, 3.05) is 32.1 Å². The van der Waals surface area contributed by atoms with E-state index in [0.717, 1.165) is 56.3 Å². The van der Waals surface area contributed by atoms with Crippen LogP contribution in [0, 0.1) is 18.7 Å². The van der Waals surface area contributed by atoms with Gasteiger partial charge in [0.25, 0.3) is 5.56 Å². The van der Waals surface area contributed by atoms with Gasteiger partial charge >= 0.3 is 0 Å². The second-order valence-corrected chi connectivity index (χ2v) is 9.97. The lowest BCUT2D eigenvalue weighted by molar-refractivity contribution is -0.127. The Labute approximate surface area is 181 Å². The number of hydrogen-bond donors (Lipinski definition) is 1. The third-order valence-corrected chi connectivity index (χ3v) is 7.48. The van der Waals surface area contributed by atoms with Crippen molar-refractivity contribution in [3.05, 3.63) is 39.4 Å². The molecule has 1 aromatic heterocycles. The van der Waals surface area contributed by atoms with E-state index < -0.39 is 0 Å². The highest BCUT2D eigenvalue weighted by Gasteiger charge is 2.48. The first-order valence-electron chi connectivity index (χ1n) is 11.3. The standard InChI is InChI=1S/C24H31FN4O2/c1-14-22-18(12-19(25)23(14)28-9-6-16(13-28)24(26)7-8-24)15(10-20(30)27(2)3)11-21(31)29(22)17-4-5-17/h11-12,16-17H,4-10,13,26H2,1-3H3. The summed E-state index contributed by atoms with van der Waals surface area (Å²) in [7, 11) is 3.38. The SMILES string of the molecule is Cc1c(N2CCC(C3(N)CC3)C2)c(F)cc2c(CC(=O)N(C)C)cc(=O)n(C3CC3)c12. The van der Waals surface area contributed by atoms with Crippen molar-refractivity contribution in [1.29, 1.82) is 0 Å². The summed E-state index contributed by atoms with van der Waals surface area (Å²) >= 11 is 0. The highest BCUT2D eigenvalue weighted by molar-refractivity contribution is 5.93. The zero-order chi connectivity index (χ0) is 22.1. The van der Waals surface area contributed by atoms with Gasteiger partial charge in [0.05, 0.1) is 17.6 Å². The fraction of sp³-hybridized carbons (Fsp3) is 0.583. The number of anilines is 1. The molecule has 1 amide bonds. The number of hydrogen-bond acceptors (Lipinski definition) is 4. The largest absolute Gasteiger partial charge is 0.369 e. The monoisotopic (exact) mass is 426 g/mol. The summed E-state index contributed by atoms with van der Waals surface area (Å²) in [5, 5.41) is 0.675. The van der Waals surface area contributed by atoms with Crippen LogP contribution in [0.2, 0.25) is 0 Å². The van der Waals surface area contributed by atoms with E-state index in [0.29, 0.717) is 22.6 Å². The van der Waals surface area contributed by atoms with E-state index in [2.05, 4.69) is 4.90 Å². The third kappa shape index (κ3) is 3.43. The molecule has 1 unspecified atom stereocenters. The lowest BCUT2D eigenvalue weighted by atomic mass is 9.97. The Kier molecular flexibility index (Phi) is 4.66. The van der Waals surface area contributed by atoms with Gasteiger partial charge in [-0.25, -0.2) is 4.39 Å². The van der Waals surface area contributed by atoms with Gasteiger partial charge in [0, 0.05) is 50.2 Å². The van der Waals surface area contributed by atoms with Crippen molar-refractivity contribution < 1.29 is 9.18 Å². The fourth-order valence-electron chi connectivity index (χ4n) is 5.25. The Morgan fingerprint density at radius 3 is 2.58 bits per heavy atom. The molecular weight excluding hydrogens is 395 g/mol. The molecule has 1 aromatic carbocycles. The van der Waals surface area contributed by atoms with Gasteiger partial charge in [-0.2, -0.15) is 0 Å². The molecule has 5 rings (SSSR count). The van der Waals surface area contributed by atoms with E-state index in [9.17, 15) is 9.59 Å². The Bertz CT molecular complexity index is 1130.